The highest BCUT2D eigenvalue weighted by Crippen LogP contribution is 2.30. The molecule has 0 aliphatic carbocycles. The number of aromatic hydroxyl groups is 1. The van der Waals surface area contributed by atoms with Crippen molar-refractivity contribution in [3.63, 3.8) is 0 Å². The van der Waals surface area contributed by atoms with E-state index in [1.807, 2.05) is 36.4 Å². The number of aryl methyl sites for hydroxylation is 1. The fourth-order valence-electron chi connectivity index (χ4n) is 3.30. The van der Waals surface area contributed by atoms with E-state index in [4.69, 9.17) is 0 Å². The molecule has 4 nitrogen and oxygen atoms in total. The zero-order valence-corrected chi connectivity index (χ0v) is 17.8. The predicted octanol–water partition coefficient (Wildman–Crippen LogP) is 6.41. The van der Waals surface area contributed by atoms with Gasteiger partial charge in [-0.15, -0.1) is 10.2 Å². The number of phenolic OH excluding ortho intramolecular Hbond substituents is 1. The third-order valence-corrected chi connectivity index (χ3v) is 5.43. The molecule has 0 radical (unpaired) electrons. The topological polar surface area (TPSA) is 50.9 Å². The summed E-state index contributed by atoms with van der Waals surface area (Å²) in [4.78, 5) is 0. The Kier molecular flexibility index (Phi) is 5.76. The molecule has 4 rings (SSSR count). The predicted molar refractivity (Wildman–Crippen MR) is 120 cm³/mol. The fraction of sp³-hybridized carbons (Fsp3) is 0.167. The third-order valence-electron chi connectivity index (χ3n) is 4.90. The first-order chi connectivity index (χ1) is 14.2. The molecule has 29 heavy (non-hydrogen) atoms. The molecule has 146 valence electrons. The molecule has 1 heterocycles. The summed E-state index contributed by atoms with van der Waals surface area (Å²) in [6.07, 6.45) is 3.46. The Hall–Kier alpha value is -2.92. The maximum atomic E-state index is 9.65. The second-order valence-electron chi connectivity index (χ2n) is 7.01. The van der Waals surface area contributed by atoms with E-state index < -0.39 is 0 Å². The summed E-state index contributed by atoms with van der Waals surface area (Å²) in [5.74, 6) is 1.75. The summed E-state index contributed by atoms with van der Waals surface area (Å²) < 4.78 is 3.09. The van der Waals surface area contributed by atoms with Crippen molar-refractivity contribution in [1.82, 2.24) is 14.8 Å². The van der Waals surface area contributed by atoms with Gasteiger partial charge in [-0.05, 0) is 66.9 Å². The van der Waals surface area contributed by atoms with E-state index in [0.717, 1.165) is 39.4 Å². The van der Waals surface area contributed by atoms with Crippen molar-refractivity contribution in [3.8, 4) is 34.2 Å². The number of rotatable bonds is 6. The van der Waals surface area contributed by atoms with Gasteiger partial charge < -0.3 is 5.11 Å². The molecule has 0 unspecified atom stereocenters. The van der Waals surface area contributed by atoms with Crippen LogP contribution in [0.5, 0.6) is 5.75 Å². The first-order valence-corrected chi connectivity index (χ1v) is 10.5. The smallest absolute Gasteiger partial charge is 0.168 e. The SMILES string of the molecule is CCCCc1ccc(-n2c(-c3ccc(O)cc3)nnc2-c2ccc(Br)cc2)cc1. The van der Waals surface area contributed by atoms with Gasteiger partial charge in [-0.1, -0.05) is 53.5 Å². The van der Waals surface area contributed by atoms with Crippen molar-refractivity contribution in [1.29, 1.82) is 0 Å². The maximum absolute atomic E-state index is 9.65. The second kappa shape index (κ2) is 8.62. The minimum absolute atomic E-state index is 0.230. The summed E-state index contributed by atoms with van der Waals surface area (Å²) in [6, 6.07) is 23.7. The van der Waals surface area contributed by atoms with Crippen LogP contribution in [0.15, 0.2) is 77.3 Å². The number of nitrogens with zero attached hydrogens (tertiary/aromatic N) is 3. The fourth-order valence-corrected chi connectivity index (χ4v) is 3.57. The Morgan fingerprint density at radius 2 is 1.34 bits per heavy atom. The lowest BCUT2D eigenvalue weighted by molar-refractivity contribution is 0.475. The van der Waals surface area contributed by atoms with Gasteiger partial charge in [0.1, 0.15) is 5.75 Å². The highest BCUT2D eigenvalue weighted by Gasteiger charge is 2.17. The van der Waals surface area contributed by atoms with E-state index in [1.54, 1.807) is 12.1 Å². The standard InChI is InChI=1S/C24H22BrN3O/c1-2-3-4-17-5-13-21(14-6-17)28-23(18-7-11-20(25)12-8-18)26-27-24(28)19-9-15-22(29)16-10-19/h5-16,29H,2-4H2,1H3. The lowest BCUT2D eigenvalue weighted by Crippen LogP contribution is -2.01. The van der Waals surface area contributed by atoms with Crippen LogP contribution in [-0.4, -0.2) is 19.9 Å². The molecule has 0 saturated heterocycles. The van der Waals surface area contributed by atoms with Crippen LogP contribution in [0.1, 0.15) is 25.3 Å². The Labute approximate surface area is 179 Å². The molecule has 4 aromatic rings. The van der Waals surface area contributed by atoms with Crippen LogP contribution in [-0.2, 0) is 6.42 Å². The van der Waals surface area contributed by atoms with Crippen molar-refractivity contribution >= 4 is 15.9 Å². The maximum Gasteiger partial charge on any atom is 0.168 e. The summed E-state index contributed by atoms with van der Waals surface area (Å²) >= 11 is 3.49. The van der Waals surface area contributed by atoms with Gasteiger partial charge in [-0.3, -0.25) is 4.57 Å². The van der Waals surface area contributed by atoms with E-state index in [0.29, 0.717) is 0 Å². The number of aromatic nitrogens is 3. The third kappa shape index (κ3) is 4.25. The Balaban J connectivity index is 1.83. The lowest BCUT2D eigenvalue weighted by atomic mass is 10.1. The van der Waals surface area contributed by atoms with Gasteiger partial charge in [0, 0.05) is 21.3 Å². The van der Waals surface area contributed by atoms with Crippen molar-refractivity contribution in [2.24, 2.45) is 0 Å². The largest absolute Gasteiger partial charge is 0.508 e. The van der Waals surface area contributed by atoms with Gasteiger partial charge >= 0.3 is 0 Å². The molecule has 0 aliphatic rings. The molecule has 0 atom stereocenters. The van der Waals surface area contributed by atoms with Gasteiger partial charge in [-0.2, -0.15) is 0 Å². The number of hydrogen-bond acceptors (Lipinski definition) is 3. The minimum atomic E-state index is 0.230. The summed E-state index contributed by atoms with van der Waals surface area (Å²) in [5.41, 5.74) is 4.23. The molecular weight excluding hydrogens is 426 g/mol. The van der Waals surface area contributed by atoms with Crippen molar-refractivity contribution in [2.75, 3.05) is 0 Å². The van der Waals surface area contributed by atoms with Gasteiger partial charge in [0.25, 0.3) is 0 Å². The lowest BCUT2D eigenvalue weighted by Gasteiger charge is -2.12. The molecule has 3 aromatic carbocycles. The highest BCUT2D eigenvalue weighted by atomic mass is 79.9. The van der Waals surface area contributed by atoms with Crippen molar-refractivity contribution in [3.05, 3.63) is 82.8 Å². The van der Waals surface area contributed by atoms with Crippen LogP contribution in [0.4, 0.5) is 0 Å². The number of halogens is 1. The van der Waals surface area contributed by atoms with Gasteiger partial charge in [0.15, 0.2) is 11.6 Å². The van der Waals surface area contributed by atoms with Crippen LogP contribution in [0.3, 0.4) is 0 Å². The van der Waals surface area contributed by atoms with Crippen LogP contribution in [0.2, 0.25) is 0 Å². The van der Waals surface area contributed by atoms with Crippen LogP contribution >= 0.6 is 15.9 Å². The number of benzene rings is 3. The van der Waals surface area contributed by atoms with Crippen LogP contribution in [0, 0.1) is 0 Å². The van der Waals surface area contributed by atoms with Crippen LogP contribution in [0.25, 0.3) is 28.5 Å². The molecule has 0 saturated carbocycles. The molecule has 0 amide bonds. The molecule has 0 spiro atoms. The normalized spacial score (nSPS) is 11.0. The molecule has 0 fully saturated rings. The van der Waals surface area contributed by atoms with E-state index in [1.165, 1.54) is 18.4 Å². The van der Waals surface area contributed by atoms with E-state index in [-0.39, 0.29) is 5.75 Å². The average molecular weight is 448 g/mol. The summed E-state index contributed by atoms with van der Waals surface area (Å²) in [5, 5.41) is 18.6. The van der Waals surface area contributed by atoms with E-state index >= 15 is 0 Å². The molecule has 0 aliphatic heterocycles. The first-order valence-electron chi connectivity index (χ1n) is 9.76. The summed E-state index contributed by atoms with van der Waals surface area (Å²) in [7, 11) is 0. The Bertz CT molecular complexity index is 1020. The first kappa shape index (κ1) is 19.4. The molecule has 0 bridgehead atoms. The van der Waals surface area contributed by atoms with Crippen molar-refractivity contribution < 1.29 is 5.11 Å². The average Bonchev–Trinajstić information content (AvgIpc) is 3.19. The van der Waals surface area contributed by atoms with Crippen molar-refractivity contribution in [2.45, 2.75) is 26.2 Å². The highest BCUT2D eigenvalue weighted by molar-refractivity contribution is 9.10. The molecule has 5 heteroatoms. The number of phenols is 1. The quantitative estimate of drug-likeness (QED) is 0.371. The summed E-state index contributed by atoms with van der Waals surface area (Å²) in [6.45, 7) is 2.21. The van der Waals surface area contributed by atoms with Gasteiger partial charge in [0.2, 0.25) is 0 Å². The van der Waals surface area contributed by atoms with Gasteiger partial charge in [-0.25, -0.2) is 0 Å². The van der Waals surface area contributed by atoms with Gasteiger partial charge in [0.05, 0.1) is 0 Å². The van der Waals surface area contributed by atoms with E-state index in [2.05, 4.69) is 61.9 Å². The van der Waals surface area contributed by atoms with E-state index in [9.17, 15) is 5.11 Å². The minimum Gasteiger partial charge on any atom is -0.508 e. The monoisotopic (exact) mass is 447 g/mol. The Morgan fingerprint density at radius 3 is 1.90 bits per heavy atom. The second-order valence-corrected chi connectivity index (χ2v) is 7.92. The molecular formula is C24H22BrN3O. The Morgan fingerprint density at radius 1 is 0.793 bits per heavy atom. The number of unbranched alkanes of at least 4 members (excludes halogenated alkanes) is 1. The van der Waals surface area contributed by atoms with Crippen LogP contribution < -0.4 is 0 Å². The zero-order valence-electron chi connectivity index (χ0n) is 16.2. The molecule has 1 N–H and O–H groups in total. The molecule has 1 aromatic heterocycles. The zero-order chi connectivity index (χ0) is 20.2. The number of hydrogen-bond donors (Lipinski definition) is 1.